The van der Waals surface area contributed by atoms with Crippen molar-refractivity contribution in [3.63, 3.8) is 0 Å². The average molecular weight is 444 g/mol. The number of ether oxygens (including phenoxy) is 1. The molecule has 32 heavy (non-hydrogen) atoms. The minimum Gasteiger partial charge on any atom is -0.394 e. The highest BCUT2D eigenvalue weighted by Crippen LogP contribution is 2.48. The molecule has 0 radical (unpaired) electrons. The summed E-state index contributed by atoms with van der Waals surface area (Å²) in [5.41, 5.74) is 1.44. The largest absolute Gasteiger partial charge is 0.394 e. The van der Waals surface area contributed by atoms with Gasteiger partial charge < -0.3 is 20.1 Å². The number of nitrogens with one attached hydrogen (secondary N) is 2. The molecule has 0 bridgehead atoms. The van der Waals surface area contributed by atoms with Crippen molar-refractivity contribution in [3.8, 4) is 11.3 Å². The van der Waals surface area contributed by atoms with Gasteiger partial charge in [-0.25, -0.2) is 13.2 Å². The van der Waals surface area contributed by atoms with Gasteiger partial charge in [0, 0.05) is 24.0 Å². The van der Waals surface area contributed by atoms with E-state index in [4.69, 9.17) is 4.74 Å². The molecule has 1 saturated carbocycles. The minimum absolute atomic E-state index is 0.0920. The highest BCUT2D eigenvalue weighted by atomic mass is 19.1. The molecule has 3 N–H and O–H groups in total. The molecule has 2 aliphatic rings. The average Bonchev–Trinajstić information content (AvgIpc) is 3.34. The molecular formula is C24H23F3N2O3. The van der Waals surface area contributed by atoms with Crippen LogP contribution in [-0.2, 0) is 9.53 Å². The first-order valence-corrected chi connectivity index (χ1v) is 10.7. The fraction of sp³-hybridized carbons (Fsp3) is 0.375. The minimum atomic E-state index is -0.742. The van der Waals surface area contributed by atoms with E-state index in [9.17, 15) is 23.1 Å². The smallest absolute Gasteiger partial charge is 0.223 e. The third-order valence-electron chi connectivity index (χ3n) is 6.71. The maximum absolute atomic E-state index is 14.5. The van der Waals surface area contributed by atoms with Gasteiger partial charge in [0.25, 0.3) is 0 Å². The molecule has 1 amide bonds. The van der Waals surface area contributed by atoms with E-state index in [-0.39, 0.29) is 36.5 Å². The molecule has 5 nitrogen and oxygen atoms in total. The van der Waals surface area contributed by atoms with Crippen LogP contribution in [0.15, 0.2) is 36.4 Å². The van der Waals surface area contributed by atoms with E-state index in [0.717, 1.165) is 11.6 Å². The molecule has 5 rings (SSSR count). The monoisotopic (exact) mass is 444 g/mol. The maximum Gasteiger partial charge on any atom is 0.223 e. The lowest BCUT2D eigenvalue weighted by Gasteiger charge is -2.37. The zero-order valence-electron chi connectivity index (χ0n) is 17.3. The Kier molecular flexibility index (Phi) is 5.22. The molecule has 1 unspecified atom stereocenters. The Hall–Kier alpha value is -2.84. The van der Waals surface area contributed by atoms with Crippen molar-refractivity contribution in [3.05, 3.63) is 59.4 Å². The normalized spacial score (nSPS) is 25.1. The van der Waals surface area contributed by atoms with Crippen molar-refractivity contribution in [1.29, 1.82) is 0 Å². The number of carbonyl (C=O) groups is 1. The molecule has 8 heteroatoms. The van der Waals surface area contributed by atoms with Crippen LogP contribution in [-0.4, -0.2) is 41.4 Å². The topological polar surface area (TPSA) is 74.3 Å². The Bertz CT molecular complexity index is 1160. The van der Waals surface area contributed by atoms with E-state index < -0.39 is 23.0 Å². The van der Waals surface area contributed by atoms with Crippen LogP contribution in [0.4, 0.5) is 13.2 Å². The highest BCUT2D eigenvalue weighted by Gasteiger charge is 2.42. The van der Waals surface area contributed by atoms with E-state index in [0.29, 0.717) is 42.5 Å². The van der Waals surface area contributed by atoms with Crippen LogP contribution in [0.25, 0.3) is 22.2 Å². The van der Waals surface area contributed by atoms with Gasteiger partial charge in [-0.2, -0.15) is 0 Å². The zero-order valence-corrected chi connectivity index (χ0v) is 17.3. The third-order valence-corrected chi connectivity index (χ3v) is 6.71. The number of hydrogen-bond acceptors (Lipinski definition) is 3. The van der Waals surface area contributed by atoms with Gasteiger partial charge in [-0.15, -0.1) is 0 Å². The molecular weight excluding hydrogens is 421 g/mol. The number of hydrogen-bond donors (Lipinski definition) is 3. The van der Waals surface area contributed by atoms with Crippen molar-refractivity contribution >= 4 is 16.8 Å². The Balaban J connectivity index is 1.44. The molecule has 168 valence electrons. The summed E-state index contributed by atoms with van der Waals surface area (Å²) in [5, 5.41) is 13.1. The number of aliphatic hydroxyl groups excluding tert-OH is 1. The fourth-order valence-corrected chi connectivity index (χ4v) is 4.81. The summed E-state index contributed by atoms with van der Waals surface area (Å²) < 4.78 is 47.3. The SMILES string of the molecule is O=C(NC1(CO)CCOC1)C1CC(c2c(-c3ccc(F)cc3)[nH]c3c(F)cc(F)cc23)C1. The third kappa shape index (κ3) is 3.57. The molecule has 1 aromatic heterocycles. The second-order valence-electron chi connectivity index (χ2n) is 8.83. The first-order valence-electron chi connectivity index (χ1n) is 10.7. The van der Waals surface area contributed by atoms with Crippen molar-refractivity contribution < 1.29 is 27.8 Å². The molecule has 1 saturated heterocycles. The van der Waals surface area contributed by atoms with E-state index in [1.807, 2.05) is 0 Å². The van der Waals surface area contributed by atoms with Gasteiger partial charge in [-0.3, -0.25) is 4.79 Å². The van der Waals surface area contributed by atoms with E-state index >= 15 is 0 Å². The number of aromatic amines is 1. The van der Waals surface area contributed by atoms with Crippen molar-refractivity contribution in [2.24, 2.45) is 5.92 Å². The van der Waals surface area contributed by atoms with Crippen molar-refractivity contribution in [2.45, 2.75) is 30.7 Å². The molecule has 1 aliphatic heterocycles. The lowest BCUT2D eigenvalue weighted by atomic mass is 9.69. The summed E-state index contributed by atoms with van der Waals surface area (Å²) in [4.78, 5) is 15.8. The quantitative estimate of drug-likeness (QED) is 0.557. The molecule has 2 fully saturated rings. The van der Waals surface area contributed by atoms with Crippen LogP contribution in [0.5, 0.6) is 0 Å². The number of carbonyl (C=O) groups excluding carboxylic acids is 1. The first-order chi connectivity index (χ1) is 15.4. The predicted octanol–water partition coefficient (Wildman–Crippen LogP) is 4.01. The van der Waals surface area contributed by atoms with Crippen LogP contribution in [0.3, 0.4) is 0 Å². The van der Waals surface area contributed by atoms with Crippen molar-refractivity contribution in [1.82, 2.24) is 10.3 Å². The Morgan fingerprint density at radius 2 is 1.91 bits per heavy atom. The first kappa shape index (κ1) is 21.0. The van der Waals surface area contributed by atoms with Gasteiger partial charge in [0.1, 0.15) is 17.5 Å². The van der Waals surface area contributed by atoms with Crippen LogP contribution in [0, 0.1) is 23.4 Å². The number of aromatic nitrogens is 1. The zero-order chi connectivity index (χ0) is 22.5. The second-order valence-corrected chi connectivity index (χ2v) is 8.83. The van der Waals surface area contributed by atoms with Gasteiger partial charge in [0.05, 0.1) is 30.0 Å². The van der Waals surface area contributed by atoms with Gasteiger partial charge >= 0.3 is 0 Å². The van der Waals surface area contributed by atoms with Crippen LogP contribution in [0.1, 0.15) is 30.7 Å². The fourth-order valence-electron chi connectivity index (χ4n) is 4.81. The maximum atomic E-state index is 14.5. The van der Waals surface area contributed by atoms with Crippen LogP contribution < -0.4 is 5.32 Å². The van der Waals surface area contributed by atoms with E-state index in [2.05, 4.69) is 10.3 Å². The number of aliphatic hydroxyl groups is 1. The second kappa shape index (κ2) is 7.94. The molecule has 0 spiro atoms. The number of rotatable bonds is 5. The van der Waals surface area contributed by atoms with Gasteiger partial charge in [-0.1, -0.05) is 0 Å². The molecule has 2 heterocycles. The van der Waals surface area contributed by atoms with Crippen LogP contribution >= 0.6 is 0 Å². The lowest BCUT2D eigenvalue weighted by Crippen LogP contribution is -2.55. The van der Waals surface area contributed by atoms with Gasteiger partial charge in [0.2, 0.25) is 5.91 Å². The van der Waals surface area contributed by atoms with Crippen molar-refractivity contribution in [2.75, 3.05) is 19.8 Å². The molecule has 1 aliphatic carbocycles. The summed E-state index contributed by atoms with van der Waals surface area (Å²) >= 11 is 0. The summed E-state index contributed by atoms with van der Waals surface area (Å²) in [6, 6.07) is 7.93. The van der Waals surface area contributed by atoms with Crippen LogP contribution in [0.2, 0.25) is 0 Å². The van der Waals surface area contributed by atoms with E-state index in [1.165, 1.54) is 18.2 Å². The van der Waals surface area contributed by atoms with Gasteiger partial charge in [0.15, 0.2) is 0 Å². The number of benzene rings is 2. The van der Waals surface area contributed by atoms with E-state index in [1.54, 1.807) is 12.1 Å². The Morgan fingerprint density at radius 3 is 2.56 bits per heavy atom. The summed E-state index contributed by atoms with van der Waals surface area (Å²) in [6.45, 7) is 0.577. The molecule has 3 aromatic rings. The summed E-state index contributed by atoms with van der Waals surface area (Å²) in [7, 11) is 0. The predicted molar refractivity (Wildman–Crippen MR) is 112 cm³/mol. The number of halogens is 3. The number of H-pyrrole nitrogens is 1. The summed E-state index contributed by atoms with van der Waals surface area (Å²) in [6.07, 6.45) is 1.57. The number of fused-ring (bicyclic) bond motifs is 1. The summed E-state index contributed by atoms with van der Waals surface area (Å²) in [5.74, 6) is -2.28. The number of amides is 1. The molecule has 1 atom stereocenters. The Labute approximate surface area is 182 Å². The highest BCUT2D eigenvalue weighted by molar-refractivity contribution is 5.92. The standard InChI is InChI=1S/C24H23F3N2O3/c25-16-3-1-13(2-4-16)21-20(18-9-17(26)10-19(27)22(18)28-21)14-7-15(8-14)23(31)29-24(11-30)5-6-32-12-24/h1-4,9-10,14-15,28,30H,5-8,11-12H2,(H,29,31). The lowest BCUT2D eigenvalue weighted by molar-refractivity contribution is -0.130. The Morgan fingerprint density at radius 1 is 1.16 bits per heavy atom. The van der Waals surface area contributed by atoms with Gasteiger partial charge in [-0.05, 0) is 66.6 Å². The molecule has 2 aromatic carbocycles.